The molecule has 1 radical (unpaired) electrons. The Labute approximate surface area is 126 Å². The highest BCUT2D eigenvalue weighted by molar-refractivity contribution is 7.92. The minimum Gasteiger partial charge on any atom is -0.496 e. The second-order valence-corrected chi connectivity index (χ2v) is 6.45. The van der Waals surface area contributed by atoms with Crippen LogP contribution in [0.4, 0.5) is 13.2 Å². The fourth-order valence-electron chi connectivity index (χ4n) is 2.03. The van der Waals surface area contributed by atoms with Crippen LogP contribution in [0.25, 0.3) is 11.1 Å². The van der Waals surface area contributed by atoms with Crippen LogP contribution in [0, 0.1) is 13.0 Å². The molecule has 0 unspecified atom stereocenters. The lowest BCUT2D eigenvalue weighted by Gasteiger charge is -2.13. The van der Waals surface area contributed by atoms with Crippen LogP contribution in [-0.2, 0) is 9.84 Å². The van der Waals surface area contributed by atoms with Crippen molar-refractivity contribution in [2.45, 2.75) is 17.3 Å². The van der Waals surface area contributed by atoms with Crippen molar-refractivity contribution in [2.24, 2.45) is 0 Å². The minimum absolute atomic E-state index is 0.120. The fraction of sp³-hybridized carbons (Fsp3) is 0.200. The van der Waals surface area contributed by atoms with Crippen molar-refractivity contribution in [3.8, 4) is 16.9 Å². The van der Waals surface area contributed by atoms with Crippen LogP contribution in [0.15, 0.2) is 41.3 Å². The quantitative estimate of drug-likeness (QED) is 0.861. The third kappa shape index (κ3) is 2.81. The first-order valence-electron chi connectivity index (χ1n) is 6.15. The number of alkyl halides is 3. The van der Waals surface area contributed by atoms with Gasteiger partial charge in [-0.2, -0.15) is 13.2 Å². The molecule has 117 valence electrons. The molecule has 0 bridgehead atoms. The van der Waals surface area contributed by atoms with E-state index in [1.807, 2.05) is 0 Å². The summed E-state index contributed by atoms with van der Waals surface area (Å²) in [6, 6.07) is 10.7. The second-order valence-electron chi connectivity index (χ2n) is 4.54. The van der Waals surface area contributed by atoms with Gasteiger partial charge in [-0.05, 0) is 42.3 Å². The van der Waals surface area contributed by atoms with Crippen LogP contribution in [0.2, 0.25) is 0 Å². The molecule has 22 heavy (non-hydrogen) atoms. The molecule has 0 aliphatic rings. The SMILES string of the molecule is COc1ccc(-c2[c]cccc2S(=O)(=O)C(F)(F)F)cc1C. The lowest BCUT2D eigenvalue weighted by molar-refractivity contribution is -0.0435. The Kier molecular flexibility index (Phi) is 4.19. The number of hydrogen-bond acceptors (Lipinski definition) is 3. The molecule has 0 spiro atoms. The predicted molar refractivity (Wildman–Crippen MR) is 75.2 cm³/mol. The first-order chi connectivity index (χ1) is 10.2. The van der Waals surface area contributed by atoms with Crippen LogP contribution in [0.1, 0.15) is 5.56 Å². The average molecular weight is 329 g/mol. The lowest BCUT2D eigenvalue weighted by atomic mass is 10.0. The molecular weight excluding hydrogens is 317 g/mol. The Bertz CT molecular complexity index is 796. The summed E-state index contributed by atoms with van der Waals surface area (Å²) in [5, 5.41) is 0. The Morgan fingerprint density at radius 3 is 2.41 bits per heavy atom. The van der Waals surface area contributed by atoms with Crippen molar-refractivity contribution in [2.75, 3.05) is 7.11 Å². The molecule has 2 rings (SSSR count). The largest absolute Gasteiger partial charge is 0.501 e. The number of hydrogen-bond donors (Lipinski definition) is 0. The van der Waals surface area contributed by atoms with Gasteiger partial charge in [0.05, 0.1) is 12.0 Å². The molecule has 3 nitrogen and oxygen atoms in total. The van der Waals surface area contributed by atoms with E-state index in [1.54, 1.807) is 19.1 Å². The molecule has 0 aliphatic heterocycles. The third-order valence-corrected chi connectivity index (χ3v) is 4.62. The molecule has 0 atom stereocenters. The number of sulfone groups is 1. The van der Waals surface area contributed by atoms with Crippen LogP contribution in [-0.4, -0.2) is 21.0 Å². The Morgan fingerprint density at radius 2 is 1.86 bits per heavy atom. The standard InChI is InChI=1S/C15H12F3O3S/c1-10-9-11(7-8-13(10)21-2)12-5-3-4-6-14(12)22(19,20)15(16,17)18/h3-4,6-9H,1-2H3. The number of ether oxygens (including phenoxy) is 1. The predicted octanol–water partition coefficient (Wildman–Crippen LogP) is 3.76. The molecule has 0 aromatic heterocycles. The molecular formula is C15H12F3O3S. The zero-order valence-corrected chi connectivity index (χ0v) is 12.5. The number of halogens is 3. The average Bonchev–Trinajstić information content (AvgIpc) is 2.46. The number of methoxy groups -OCH3 is 1. The van der Waals surface area contributed by atoms with Gasteiger partial charge in [0.2, 0.25) is 0 Å². The van der Waals surface area contributed by atoms with E-state index in [9.17, 15) is 21.6 Å². The van der Waals surface area contributed by atoms with E-state index < -0.39 is 20.2 Å². The van der Waals surface area contributed by atoms with E-state index in [0.29, 0.717) is 16.9 Å². The maximum Gasteiger partial charge on any atom is 0.501 e. The van der Waals surface area contributed by atoms with E-state index >= 15 is 0 Å². The fourth-order valence-corrected chi connectivity index (χ4v) is 2.98. The molecule has 7 heteroatoms. The van der Waals surface area contributed by atoms with Gasteiger partial charge in [-0.25, -0.2) is 8.42 Å². The van der Waals surface area contributed by atoms with Crippen LogP contribution < -0.4 is 4.74 Å². The summed E-state index contributed by atoms with van der Waals surface area (Å²) in [5.41, 5.74) is -4.49. The summed E-state index contributed by atoms with van der Waals surface area (Å²) in [4.78, 5) is -0.813. The van der Waals surface area contributed by atoms with Crippen molar-refractivity contribution >= 4 is 9.84 Å². The van der Waals surface area contributed by atoms with Crippen LogP contribution in [0.5, 0.6) is 5.75 Å². The minimum atomic E-state index is -5.45. The highest BCUT2D eigenvalue weighted by atomic mass is 32.2. The van der Waals surface area contributed by atoms with Gasteiger partial charge < -0.3 is 4.74 Å². The molecule has 0 amide bonds. The Hall–Kier alpha value is -2.02. The highest BCUT2D eigenvalue weighted by Crippen LogP contribution is 2.36. The van der Waals surface area contributed by atoms with Gasteiger partial charge in [0, 0.05) is 5.56 Å². The van der Waals surface area contributed by atoms with E-state index in [4.69, 9.17) is 4.74 Å². The second kappa shape index (κ2) is 5.64. The number of benzene rings is 2. The van der Waals surface area contributed by atoms with E-state index in [-0.39, 0.29) is 5.56 Å². The van der Waals surface area contributed by atoms with Crippen molar-refractivity contribution in [1.82, 2.24) is 0 Å². The van der Waals surface area contributed by atoms with Gasteiger partial charge in [-0.1, -0.05) is 18.2 Å². The van der Waals surface area contributed by atoms with Crippen molar-refractivity contribution < 1.29 is 26.3 Å². The summed E-state index contributed by atoms with van der Waals surface area (Å²) in [6.45, 7) is 1.71. The summed E-state index contributed by atoms with van der Waals surface area (Å²) >= 11 is 0. The monoisotopic (exact) mass is 329 g/mol. The molecule has 0 aliphatic carbocycles. The first-order valence-corrected chi connectivity index (χ1v) is 7.64. The van der Waals surface area contributed by atoms with Crippen LogP contribution >= 0.6 is 0 Å². The van der Waals surface area contributed by atoms with E-state index in [1.165, 1.54) is 25.3 Å². The van der Waals surface area contributed by atoms with E-state index in [0.717, 1.165) is 6.07 Å². The van der Waals surface area contributed by atoms with Crippen LogP contribution in [0.3, 0.4) is 0 Å². The molecule has 0 N–H and O–H groups in total. The Morgan fingerprint density at radius 1 is 1.18 bits per heavy atom. The normalized spacial score (nSPS) is 12.2. The van der Waals surface area contributed by atoms with Crippen molar-refractivity contribution in [3.63, 3.8) is 0 Å². The zero-order chi connectivity index (χ0) is 16.5. The highest BCUT2D eigenvalue weighted by Gasteiger charge is 2.47. The summed E-state index contributed by atoms with van der Waals surface area (Å²) in [5.74, 6) is 0.555. The van der Waals surface area contributed by atoms with E-state index in [2.05, 4.69) is 6.07 Å². The van der Waals surface area contributed by atoms with Gasteiger partial charge in [0.25, 0.3) is 9.84 Å². The van der Waals surface area contributed by atoms with Gasteiger partial charge in [-0.15, -0.1) is 0 Å². The van der Waals surface area contributed by atoms with Gasteiger partial charge in [0.15, 0.2) is 0 Å². The lowest BCUT2D eigenvalue weighted by Crippen LogP contribution is -2.23. The first kappa shape index (κ1) is 16.4. The molecule has 0 heterocycles. The Balaban J connectivity index is 2.67. The number of rotatable bonds is 3. The number of aryl methyl sites for hydroxylation is 1. The van der Waals surface area contributed by atoms with Gasteiger partial charge in [-0.3, -0.25) is 0 Å². The van der Waals surface area contributed by atoms with Crippen molar-refractivity contribution in [3.05, 3.63) is 48.0 Å². The topological polar surface area (TPSA) is 43.4 Å². The molecule has 2 aromatic rings. The maximum absolute atomic E-state index is 12.8. The van der Waals surface area contributed by atoms with Gasteiger partial charge in [0.1, 0.15) is 5.75 Å². The summed E-state index contributed by atoms with van der Waals surface area (Å²) < 4.78 is 66.8. The molecule has 0 fully saturated rings. The summed E-state index contributed by atoms with van der Waals surface area (Å²) in [6.07, 6.45) is 0. The van der Waals surface area contributed by atoms with Crippen molar-refractivity contribution in [1.29, 1.82) is 0 Å². The smallest absolute Gasteiger partial charge is 0.496 e. The zero-order valence-electron chi connectivity index (χ0n) is 11.7. The molecule has 2 aromatic carbocycles. The third-order valence-electron chi connectivity index (χ3n) is 3.10. The van der Waals surface area contributed by atoms with Gasteiger partial charge >= 0.3 is 5.51 Å². The summed E-state index contributed by atoms with van der Waals surface area (Å²) in [7, 11) is -3.98. The molecule has 0 saturated heterocycles. The maximum atomic E-state index is 12.8. The molecule has 0 saturated carbocycles.